The third kappa shape index (κ3) is 3.29. The van der Waals surface area contributed by atoms with Gasteiger partial charge in [-0.05, 0) is 68.3 Å². The summed E-state index contributed by atoms with van der Waals surface area (Å²) in [6, 6.07) is 5.03. The van der Waals surface area contributed by atoms with E-state index in [2.05, 4.69) is 24.4 Å². The van der Waals surface area contributed by atoms with Crippen molar-refractivity contribution in [1.29, 1.82) is 0 Å². The number of hydrogen-bond acceptors (Lipinski definition) is 3. The zero-order chi connectivity index (χ0) is 16.6. The van der Waals surface area contributed by atoms with Gasteiger partial charge < -0.3 is 15.3 Å². The molecule has 0 radical (unpaired) electrons. The predicted octanol–water partition coefficient (Wildman–Crippen LogP) is 2.33. The van der Waals surface area contributed by atoms with Crippen molar-refractivity contribution >= 4 is 5.91 Å². The van der Waals surface area contributed by atoms with Crippen LogP contribution in [0.5, 0.6) is 0 Å². The lowest BCUT2D eigenvalue weighted by atomic mass is 9.87. The Labute approximate surface area is 138 Å². The van der Waals surface area contributed by atoms with Crippen LogP contribution in [0.25, 0.3) is 0 Å². The number of rotatable bonds is 3. The second-order valence-corrected chi connectivity index (χ2v) is 7.36. The zero-order valence-corrected chi connectivity index (χ0v) is 14.5. The first-order valence-corrected chi connectivity index (χ1v) is 8.80. The van der Waals surface area contributed by atoms with Gasteiger partial charge in [-0.2, -0.15) is 0 Å². The van der Waals surface area contributed by atoms with Gasteiger partial charge in [0.05, 0.1) is 0 Å². The molecule has 1 amide bonds. The molecule has 2 aliphatic heterocycles. The van der Waals surface area contributed by atoms with E-state index in [1.165, 1.54) is 35.1 Å². The molecule has 2 N–H and O–H groups in total. The van der Waals surface area contributed by atoms with Crippen LogP contribution in [0.4, 0.5) is 0 Å². The van der Waals surface area contributed by atoms with Crippen molar-refractivity contribution in [2.24, 2.45) is 0 Å². The number of nitrogens with one attached hydrogen (secondary N) is 1. The van der Waals surface area contributed by atoms with Crippen molar-refractivity contribution in [2.45, 2.75) is 64.6 Å². The van der Waals surface area contributed by atoms with Gasteiger partial charge in [-0.1, -0.05) is 19.1 Å². The number of aliphatic hydroxyl groups is 1. The van der Waals surface area contributed by atoms with Crippen LogP contribution in [0.1, 0.15) is 61.9 Å². The maximum absolute atomic E-state index is 12.4. The van der Waals surface area contributed by atoms with E-state index < -0.39 is 5.60 Å². The molecular weight excluding hydrogens is 288 g/mol. The minimum atomic E-state index is -1.30. The lowest BCUT2D eigenvalue weighted by Gasteiger charge is -2.35. The molecule has 3 rings (SSSR count). The first-order chi connectivity index (χ1) is 10.9. The van der Waals surface area contributed by atoms with E-state index in [9.17, 15) is 9.90 Å². The van der Waals surface area contributed by atoms with Crippen molar-refractivity contribution in [3.63, 3.8) is 0 Å². The molecule has 4 heteroatoms. The van der Waals surface area contributed by atoms with E-state index in [4.69, 9.17) is 0 Å². The van der Waals surface area contributed by atoms with E-state index in [0.29, 0.717) is 19.1 Å². The first kappa shape index (κ1) is 16.5. The molecule has 0 saturated carbocycles. The number of benzene rings is 1. The second kappa shape index (κ2) is 6.25. The molecule has 1 atom stereocenters. The zero-order valence-electron chi connectivity index (χ0n) is 14.5. The largest absolute Gasteiger partial charge is 0.381 e. The van der Waals surface area contributed by atoms with Gasteiger partial charge in [0.1, 0.15) is 5.60 Å². The van der Waals surface area contributed by atoms with E-state index in [1.54, 1.807) is 13.8 Å². The average Bonchev–Trinajstić information content (AvgIpc) is 3.05. The summed E-state index contributed by atoms with van der Waals surface area (Å²) < 4.78 is 0. The fraction of sp³-hybridized carbons (Fsp3) is 0.632. The minimum Gasteiger partial charge on any atom is -0.381 e. The summed E-state index contributed by atoms with van der Waals surface area (Å²) in [6.07, 6.45) is 4.30. The minimum absolute atomic E-state index is 0.173. The Morgan fingerprint density at radius 3 is 2.83 bits per heavy atom. The molecule has 0 bridgehead atoms. The summed E-state index contributed by atoms with van der Waals surface area (Å²) in [4.78, 5) is 14.3. The number of fused-ring (bicyclic) bond motifs is 1. The molecule has 0 unspecified atom stereocenters. The highest BCUT2D eigenvalue weighted by atomic mass is 16.3. The molecule has 1 aromatic rings. The molecule has 4 nitrogen and oxygen atoms in total. The summed E-state index contributed by atoms with van der Waals surface area (Å²) >= 11 is 0. The molecule has 23 heavy (non-hydrogen) atoms. The highest BCUT2D eigenvalue weighted by Crippen LogP contribution is 2.33. The van der Waals surface area contributed by atoms with Crippen molar-refractivity contribution in [1.82, 2.24) is 10.2 Å². The molecule has 126 valence electrons. The molecule has 0 aromatic heterocycles. The summed E-state index contributed by atoms with van der Waals surface area (Å²) in [5.41, 5.74) is 4.13. The molecule has 2 heterocycles. The van der Waals surface area contributed by atoms with Crippen LogP contribution in [0, 0.1) is 0 Å². The van der Waals surface area contributed by atoms with E-state index >= 15 is 0 Å². The van der Waals surface area contributed by atoms with E-state index in [-0.39, 0.29) is 5.91 Å². The maximum Gasteiger partial charge on any atom is 0.254 e. The highest BCUT2D eigenvalue weighted by Gasteiger charge is 2.33. The van der Waals surface area contributed by atoms with Gasteiger partial charge in [-0.25, -0.2) is 0 Å². The monoisotopic (exact) mass is 316 g/mol. The number of nitrogens with zero attached hydrogens (tertiary/aromatic N) is 1. The summed E-state index contributed by atoms with van der Waals surface area (Å²) in [5.74, 6) is -0.173. The molecule has 0 spiro atoms. The van der Waals surface area contributed by atoms with E-state index in [1.807, 2.05) is 4.90 Å². The average molecular weight is 316 g/mol. The fourth-order valence-corrected chi connectivity index (χ4v) is 3.79. The van der Waals surface area contributed by atoms with Crippen LogP contribution in [-0.2, 0) is 24.2 Å². The van der Waals surface area contributed by atoms with Gasteiger partial charge in [0.15, 0.2) is 0 Å². The van der Waals surface area contributed by atoms with Crippen LogP contribution in [0.15, 0.2) is 12.1 Å². The molecule has 1 saturated heterocycles. The van der Waals surface area contributed by atoms with Crippen LogP contribution in [-0.4, -0.2) is 34.6 Å². The number of carbonyl (C=O) groups excluding carboxylic acids is 1. The Bertz CT molecular complexity index is 598. The van der Waals surface area contributed by atoms with Crippen molar-refractivity contribution in [3.8, 4) is 0 Å². The van der Waals surface area contributed by atoms with Gasteiger partial charge in [0.2, 0.25) is 0 Å². The summed E-state index contributed by atoms with van der Waals surface area (Å²) in [7, 11) is 0. The van der Waals surface area contributed by atoms with Gasteiger partial charge in [0, 0.05) is 19.1 Å². The smallest absolute Gasteiger partial charge is 0.254 e. The normalized spacial score (nSPS) is 21.4. The molecule has 1 fully saturated rings. The lowest BCUT2D eigenvalue weighted by Crippen LogP contribution is -2.47. The van der Waals surface area contributed by atoms with Crippen molar-refractivity contribution in [2.75, 3.05) is 13.1 Å². The van der Waals surface area contributed by atoms with Gasteiger partial charge in [-0.15, -0.1) is 0 Å². The number of carbonyl (C=O) groups is 1. The topological polar surface area (TPSA) is 52.6 Å². The van der Waals surface area contributed by atoms with Gasteiger partial charge >= 0.3 is 0 Å². The van der Waals surface area contributed by atoms with Crippen LogP contribution >= 0.6 is 0 Å². The predicted molar refractivity (Wildman–Crippen MR) is 91.2 cm³/mol. The maximum atomic E-state index is 12.4. The third-order valence-corrected chi connectivity index (χ3v) is 5.09. The number of amides is 1. The molecule has 2 aliphatic rings. The first-order valence-electron chi connectivity index (χ1n) is 8.80. The summed E-state index contributed by atoms with van der Waals surface area (Å²) in [6.45, 7) is 7.73. The fourth-order valence-electron chi connectivity index (χ4n) is 3.79. The van der Waals surface area contributed by atoms with Crippen LogP contribution in [0.2, 0.25) is 0 Å². The van der Waals surface area contributed by atoms with Crippen LogP contribution in [0.3, 0.4) is 0 Å². The molecule has 0 aliphatic carbocycles. The Hall–Kier alpha value is -1.39. The van der Waals surface area contributed by atoms with E-state index in [0.717, 1.165) is 19.4 Å². The van der Waals surface area contributed by atoms with Crippen molar-refractivity contribution in [3.05, 3.63) is 34.4 Å². The molecular formula is C19H28N2O2. The second-order valence-electron chi connectivity index (χ2n) is 7.36. The Kier molecular flexibility index (Phi) is 4.47. The van der Waals surface area contributed by atoms with Crippen LogP contribution < -0.4 is 5.32 Å². The SMILES string of the molecule is CCc1cc2c(c([C@@H]3CCCN3)c1)CN(C(=O)C(C)(C)O)CC2. The summed E-state index contributed by atoms with van der Waals surface area (Å²) in [5, 5.41) is 13.6. The van der Waals surface area contributed by atoms with Crippen molar-refractivity contribution < 1.29 is 9.90 Å². The highest BCUT2D eigenvalue weighted by molar-refractivity contribution is 5.84. The Balaban J connectivity index is 1.95. The number of hydrogen-bond donors (Lipinski definition) is 2. The Morgan fingerprint density at radius 1 is 1.43 bits per heavy atom. The van der Waals surface area contributed by atoms with Gasteiger partial charge in [-0.3, -0.25) is 4.79 Å². The van der Waals surface area contributed by atoms with Gasteiger partial charge in [0.25, 0.3) is 5.91 Å². The number of aryl methyl sites for hydroxylation is 1. The standard InChI is InChI=1S/C19H28N2O2/c1-4-13-10-14-7-9-21(18(22)19(2,3)23)12-16(14)15(11-13)17-6-5-8-20-17/h10-11,17,20,23H,4-9,12H2,1-3H3/t17-/m0/s1. The Morgan fingerprint density at radius 2 is 2.22 bits per heavy atom. The lowest BCUT2D eigenvalue weighted by molar-refractivity contribution is -0.148. The third-order valence-electron chi connectivity index (χ3n) is 5.09. The molecule has 1 aromatic carbocycles. The quantitative estimate of drug-likeness (QED) is 0.900.